The fourth-order valence-electron chi connectivity index (χ4n) is 2.93. The highest BCUT2D eigenvalue weighted by Crippen LogP contribution is 2.15. The topological polar surface area (TPSA) is 60.4 Å². The molecule has 0 saturated carbocycles. The summed E-state index contributed by atoms with van der Waals surface area (Å²) in [5, 5.41) is 0. The summed E-state index contributed by atoms with van der Waals surface area (Å²) < 4.78 is 29.5. The first-order valence-corrected chi connectivity index (χ1v) is 11.4. The van der Waals surface area contributed by atoms with Crippen molar-refractivity contribution in [1.29, 1.82) is 0 Å². The minimum absolute atomic E-state index is 0.0704. The number of carbonyl (C=O) groups excluding carboxylic acids is 1. The number of rotatable bonds is 12. The normalized spacial score (nSPS) is 11.5. The molecule has 0 aliphatic heterocycles. The van der Waals surface area contributed by atoms with Gasteiger partial charge in [-0.05, 0) is 37.5 Å². The molecule has 0 atom stereocenters. The molecule has 28 heavy (non-hydrogen) atoms. The molecular formula is C23H30O4S. The van der Waals surface area contributed by atoms with Gasteiger partial charge >= 0.3 is 0 Å². The molecule has 0 radical (unpaired) electrons. The van der Waals surface area contributed by atoms with Gasteiger partial charge in [-0.1, -0.05) is 74.6 Å². The Morgan fingerprint density at radius 2 is 1.54 bits per heavy atom. The zero-order chi connectivity index (χ0) is 20.4. The fraction of sp³-hybridized carbons (Fsp3) is 0.435. The Balaban J connectivity index is 1.79. The van der Waals surface area contributed by atoms with E-state index in [1.807, 2.05) is 31.2 Å². The smallest absolute Gasteiger partial charge is 0.294 e. The van der Waals surface area contributed by atoms with Gasteiger partial charge in [0.05, 0.1) is 11.5 Å². The third-order valence-electron chi connectivity index (χ3n) is 4.72. The summed E-state index contributed by atoms with van der Waals surface area (Å²) in [6.07, 6.45) is 6.71. The molecule has 0 fully saturated rings. The first-order valence-electron chi connectivity index (χ1n) is 10.0. The Labute approximate surface area is 169 Å². The summed E-state index contributed by atoms with van der Waals surface area (Å²) in [4.78, 5) is 12.4. The van der Waals surface area contributed by atoms with Gasteiger partial charge in [0.1, 0.15) is 0 Å². The van der Waals surface area contributed by atoms with Crippen LogP contribution in [0.1, 0.15) is 66.9 Å². The molecule has 2 aromatic rings. The SMILES string of the molecule is CCCCCCCC(=O)c1ccc(CCOS(=O)(=O)c2ccc(C)cc2)cc1. The number of ketones is 1. The molecule has 0 unspecified atom stereocenters. The summed E-state index contributed by atoms with van der Waals surface area (Å²) in [7, 11) is -3.74. The lowest BCUT2D eigenvalue weighted by molar-refractivity contribution is 0.0979. The van der Waals surface area contributed by atoms with E-state index in [0.29, 0.717) is 18.4 Å². The third kappa shape index (κ3) is 7.21. The van der Waals surface area contributed by atoms with Gasteiger partial charge < -0.3 is 0 Å². The van der Waals surface area contributed by atoms with Gasteiger partial charge in [0.25, 0.3) is 10.1 Å². The Morgan fingerprint density at radius 1 is 0.893 bits per heavy atom. The lowest BCUT2D eigenvalue weighted by atomic mass is 10.0. The van der Waals surface area contributed by atoms with Crippen LogP contribution in [-0.2, 0) is 20.7 Å². The van der Waals surface area contributed by atoms with Crippen molar-refractivity contribution in [3.05, 3.63) is 65.2 Å². The molecule has 152 valence electrons. The van der Waals surface area contributed by atoms with Gasteiger partial charge in [0, 0.05) is 12.0 Å². The van der Waals surface area contributed by atoms with Gasteiger partial charge in [-0.15, -0.1) is 0 Å². The van der Waals surface area contributed by atoms with E-state index in [4.69, 9.17) is 4.18 Å². The van der Waals surface area contributed by atoms with E-state index in [-0.39, 0.29) is 17.3 Å². The zero-order valence-electron chi connectivity index (χ0n) is 16.8. The summed E-state index contributed by atoms with van der Waals surface area (Å²) in [5.41, 5.74) is 2.65. The number of hydrogen-bond acceptors (Lipinski definition) is 4. The third-order valence-corrected chi connectivity index (χ3v) is 6.05. The molecule has 0 aliphatic rings. The molecule has 0 amide bonds. The van der Waals surface area contributed by atoms with E-state index in [1.54, 1.807) is 24.3 Å². The van der Waals surface area contributed by atoms with Crippen LogP contribution in [0.3, 0.4) is 0 Å². The van der Waals surface area contributed by atoms with Crippen LogP contribution in [0.15, 0.2) is 53.4 Å². The monoisotopic (exact) mass is 402 g/mol. The van der Waals surface area contributed by atoms with Gasteiger partial charge in [-0.2, -0.15) is 8.42 Å². The summed E-state index contributed by atoms with van der Waals surface area (Å²) in [6.45, 7) is 4.15. The van der Waals surface area contributed by atoms with Crippen molar-refractivity contribution < 1.29 is 17.4 Å². The molecule has 2 aromatic carbocycles. The van der Waals surface area contributed by atoms with Crippen molar-refractivity contribution >= 4 is 15.9 Å². The van der Waals surface area contributed by atoms with Crippen LogP contribution in [0.5, 0.6) is 0 Å². The Bertz CT molecular complexity index is 837. The number of unbranched alkanes of at least 4 members (excludes halogenated alkanes) is 4. The van der Waals surface area contributed by atoms with Crippen LogP contribution < -0.4 is 0 Å². The maximum Gasteiger partial charge on any atom is 0.296 e. The maximum atomic E-state index is 12.2. The standard InChI is InChI=1S/C23H30O4S/c1-3-4-5-6-7-8-23(24)21-13-11-20(12-14-21)17-18-27-28(25,26)22-15-9-19(2)10-16-22/h9-16H,3-8,17-18H2,1-2H3. The second-order valence-corrected chi connectivity index (χ2v) is 8.74. The highest BCUT2D eigenvalue weighted by molar-refractivity contribution is 7.86. The Kier molecular flexibility index (Phi) is 8.87. The predicted molar refractivity (Wildman–Crippen MR) is 112 cm³/mol. The van der Waals surface area contributed by atoms with Crippen molar-refractivity contribution in [2.24, 2.45) is 0 Å². The molecule has 0 heterocycles. The number of Topliss-reactive ketones (excluding diaryl/α,β-unsaturated/α-hetero) is 1. The van der Waals surface area contributed by atoms with E-state index >= 15 is 0 Å². The average molecular weight is 403 g/mol. The van der Waals surface area contributed by atoms with Gasteiger partial charge in [0.2, 0.25) is 0 Å². The van der Waals surface area contributed by atoms with Crippen molar-refractivity contribution in [3.63, 3.8) is 0 Å². The molecular weight excluding hydrogens is 372 g/mol. The van der Waals surface area contributed by atoms with Crippen molar-refractivity contribution in [3.8, 4) is 0 Å². The second kappa shape index (κ2) is 11.1. The Hall–Kier alpha value is -1.98. The van der Waals surface area contributed by atoms with Crippen LogP contribution in [0.25, 0.3) is 0 Å². The number of aryl methyl sites for hydroxylation is 1. The van der Waals surface area contributed by atoms with Gasteiger partial charge in [-0.3, -0.25) is 8.98 Å². The second-order valence-electron chi connectivity index (χ2n) is 7.12. The van der Waals surface area contributed by atoms with E-state index < -0.39 is 10.1 Å². The quantitative estimate of drug-likeness (QED) is 0.268. The minimum Gasteiger partial charge on any atom is -0.294 e. The summed E-state index contributed by atoms with van der Waals surface area (Å²) in [5.74, 6) is 0.168. The maximum absolute atomic E-state index is 12.2. The molecule has 0 aromatic heterocycles. The van der Waals surface area contributed by atoms with Crippen molar-refractivity contribution in [1.82, 2.24) is 0 Å². The molecule has 2 rings (SSSR count). The highest BCUT2D eigenvalue weighted by Gasteiger charge is 2.14. The average Bonchev–Trinajstić information content (AvgIpc) is 2.68. The van der Waals surface area contributed by atoms with Crippen LogP contribution in [-0.4, -0.2) is 20.8 Å². The number of benzene rings is 2. The Morgan fingerprint density at radius 3 is 2.18 bits per heavy atom. The van der Waals surface area contributed by atoms with Crippen LogP contribution in [0.2, 0.25) is 0 Å². The van der Waals surface area contributed by atoms with Crippen molar-refractivity contribution in [2.75, 3.05) is 6.61 Å². The minimum atomic E-state index is -3.74. The highest BCUT2D eigenvalue weighted by atomic mass is 32.2. The summed E-state index contributed by atoms with van der Waals surface area (Å²) >= 11 is 0. The number of carbonyl (C=O) groups is 1. The van der Waals surface area contributed by atoms with Gasteiger partial charge in [0.15, 0.2) is 5.78 Å². The fourth-order valence-corrected chi connectivity index (χ4v) is 3.84. The van der Waals surface area contributed by atoms with Crippen LogP contribution >= 0.6 is 0 Å². The zero-order valence-corrected chi connectivity index (χ0v) is 17.6. The molecule has 5 heteroatoms. The molecule has 4 nitrogen and oxygen atoms in total. The van der Waals surface area contributed by atoms with Crippen LogP contribution in [0.4, 0.5) is 0 Å². The van der Waals surface area contributed by atoms with E-state index in [2.05, 4.69) is 6.92 Å². The lowest BCUT2D eigenvalue weighted by Crippen LogP contribution is -2.09. The number of hydrogen-bond donors (Lipinski definition) is 0. The summed E-state index contributed by atoms with van der Waals surface area (Å²) in [6, 6.07) is 14.0. The van der Waals surface area contributed by atoms with Crippen LogP contribution in [0, 0.1) is 6.92 Å². The van der Waals surface area contributed by atoms with E-state index in [0.717, 1.165) is 24.0 Å². The molecule has 0 saturated heterocycles. The first kappa shape index (κ1) is 22.3. The molecule has 0 bridgehead atoms. The predicted octanol–water partition coefficient (Wildman–Crippen LogP) is 5.49. The largest absolute Gasteiger partial charge is 0.296 e. The van der Waals surface area contributed by atoms with E-state index in [9.17, 15) is 13.2 Å². The molecule has 0 N–H and O–H groups in total. The first-order chi connectivity index (χ1) is 13.4. The van der Waals surface area contributed by atoms with Crippen molar-refractivity contribution in [2.45, 2.75) is 63.7 Å². The van der Waals surface area contributed by atoms with E-state index in [1.165, 1.54) is 19.3 Å². The molecule has 0 aliphatic carbocycles. The van der Waals surface area contributed by atoms with Gasteiger partial charge in [-0.25, -0.2) is 0 Å². The lowest BCUT2D eigenvalue weighted by Gasteiger charge is -2.07. The molecule has 0 spiro atoms.